The molecule has 0 radical (unpaired) electrons. The molecule has 0 bridgehead atoms. The van der Waals surface area contributed by atoms with Crippen LogP contribution in [0.5, 0.6) is 5.75 Å². The smallest absolute Gasteiger partial charge is 0.247 e. The Kier molecular flexibility index (Phi) is 3.57. The summed E-state index contributed by atoms with van der Waals surface area (Å²) in [5, 5.41) is 17.6. The van der Waals surface area contributed by atoms with Crippen LogP contribution in [-0.2, 0) is 0 Å². The SMILES string of the molecule is Cc1cc(-c2ccc3nc(Nc4cccnc4)nn3c2)cc(C)c1O. The Hall–Kier alpha value is -3.41. The highest BCUT2D eigenvalue weighted by molar-refractivity contribution is 5.68. The first-order valence-corrected chi connectivity index (χ1v) is 7.94. The molecule has 0 fully saturated rings. The van der Waals surface area contributed by atoms with Crippen molar-refractivity contribution >= 4 is 17.3 Å². The minimum atomic E-state index is 0.341. The number of benzene rings is 1. The van der Waals surface area contributed by atoms with Crippen LogP contribution in [0, 0.1) is 13.8 Å². The third-order valence-corrected chi connectivity index (χ3v) is 4.07. The molecular formula is C19H17N5O. The molecule has 25 heavy (non-hydrogen) atoms. The molecule has 124 valence electrons. The van der Waals surface area contributed by atoms with Crippen LogP contribution < -0.4 is 5.32 Å². The van der Waals surface area contributed by atoms with Crippen LogP contribution >= 0.6 is 0 Å². The van der Waals surface area contributed by atoms with Gasteiger partial charge in [-0.3, -0.25) is 4.98 Å². The van der Waals surface area contributed by atoms with Gasteiger partial charge in [0.1, 0.15) is 5.75 Å². The topological polar surface area (TPSA) is 75.3 Å². The van der Waals surface area contributed by atoms with Crippen LogP contribution in [0.2, 0.25) is 0 Å². The molecule has 0 unspecified atom stereocenters. The summed E-state index contributed by atoms with van der Waals surface area (Å²) in [6, 6.07) is 11.6. The van der Waals surface area contributed by atoms with Crippen LogP contribution in [0.25, 0.3) is 16.8 Å². The molecule has 0 amide bonds. The third-order valence-electron chi connectivity index (χ3n) is 4.07. The zero-order chi connectivity index (χ0) is 17.4. The summed E-state index contributed by atoms with van der Waals surface area (Å²) in [6.45, 7) is 3.80. The fraction of sp³-hybridized carbons (Fsp3) is 0.105. The number of aromatic nitrogens is 4. The van der Waals surface area contributed by atoms with Gasteiger partial charge in [0.15, 0.2) is 5.65 Å². The van der Waals surface area contributed by atoms with E-state index in [-0.39, 0.29) is 0 Å². The van der Waals surface area contributed by atoms with Crippen LogP contribution in [0.15, 0.2) is 55.0 Å². The minimum Gasteiger partial charge on any atom is -0.507 e. The van der Waals surface area contributed by atoms with Crippen molar-refractivity contribution in [2.75, 3.05) is 5.32 Å². The average molecular weight is 331 g/mol. The maximum Gasteiger partial charge on any atom is 0.247 e. The van der Waals surface area contributed by atoms with E-state index in [1.807, 2.05) is 56.4 Å². The molecule has 3 heterocycles. The summed E-state index contributed by atoms with van der Waals surface area (Å²) in [7, 11) is 0. The number of aromatic hydroxyl groups is 1. The fourth-order valence-corrected chi connectivity index (χ4v) is 2.80. The summed E-state index contributed by atoms with van der Waals surface area (Å²) in [5.74, 6) is 0.858. The Morgan fingerprint density at radius 3 is 2.56 bits per heavy atom. The molecule has 0 saturated carbocycles. The fourth-order valence-electron chi connectivity index (χ4n) is 2.80. The van der Waals surface area contributed by atoms with Gasteiger partial charge in [-0.25, -0.2) is 4.52 Å². The van der Waals surface area contributed by atoms with Crippen molar-refractivity contribution in [2.24, 2.45) is 0 Å². The summed E-state index contributed by atoms with van der Waals surface area (Å²) >= 11 is 0. The Balaban J connectivity index is 1.71. The number of aryl methyl sites for hydroxylation is 2. The second-order valence-corrected chi connectivity index (χ2v) is 5.98. The number of fused-ring (bicyclic) bond motifs is 1. The van der Waals surface area contributed by atoms with E-state index in [1.165, 1.54) is 0 Å². The molecule has 6 heteroatoms. The number of rotatable bonds is 3. The van der Waals surface area contributed by atoms with Gasteiger partial charge < -0.3 is 10.4 Å². The zero-order valence-electron chi connectivity index (χ0n) is 13.9. The Morgan fingerprint density at radius 2 is 1.84 bits per heavy atom. The van der Waals surface area contributed by atoms with Gasteiger partial charge in [0.25, 0.3) is 0 Å². The van der Waals surface area contributed by atoms with E-state index in [0.717, 1.165) is 33.6 Å². The lowest BCUT2D eigenvalue weighted by Crippen LogP contribution is -1.93. The van der Waals surface area contributed by atoms with Crippen molar-refractivity contribution in [3.05, 3.63) is 66.1 Å². The van der Waals surface area contributed by atoms with Gasteiger partial charge in [-0.2, -0.15) is 4.98 Å². The lowest BCUT2D eigenvalue weighted by atomic mass is 10.0. The van der Waals surface area contributed by atoms with E-state index in [9.17, 15) is 5.11 Å². The van der Waals surface area contributed by atoms with Crippen molar-refractivity contribution in [1.82, 2.24) is 19.6 Å². The molecule has 0 spiro atoms. The van der Waals surface area contributed by atoms with Gasteiger partial charge in [0, 0.05) is 18.0 Å². The highest BCUT2D eigenvalue weighted by Gasteiger charge is 2.08. The number of phenolic OH excluding ortho intramolecular Hbond substituents is 1. The standard InChI is InChI=1S/C19H17N5O/c1-12-8-15(9-13(2)18(12)25)14-5-6-17-22-19(23-24(17)11-14)21-16-4-3-7-20-10-16/h3-11,25H,1-2H3,(H,21,23). The highest BCUT2D eigenvalue weighted by atomic mass is 16.3. The number of nitrogens with zero attached hydrogens (tertiary/aromatic N) is 4. The van der Waals surface area contributed by atoms with Gasteiger partial charge >= 0.3 is 0 Å². The molecule has 0 aliphatic heterocycles. The lowest BCUT2D eigenvalue weighted by molar-refractivity contribution is 0.467. The summed E-state index contributed by atoms with van der Waals surface area (Å²) < 4.78 is 1.74. The van der Waals surface area contributed by atoms with Crippen molar-refractivity contribution in [1.29, 1.82) is 0 Å². The van der Waals surface area contributed by atoms with Crippen molar-refractivity contribution in [2.45, 2.75) is 13.8 Å². The monoisotopic (exact) mass is 331 g/mol. The van der Waals surface area contributed by atoms with E-state index in [1.54, 1.807) is 16.9 Å². The average Bonchev–Trinajstić information content (AvgIpc) is 3.01. The Labute approximate surface area is 144 Å². The third kappa shape index (κ3) is 2.89. The number of phenols is 1. The first kappa shape index (κ1) is 15.1. The molecule has 4 aromatic rings. The lowest BCUT2D eigenvalue weighted by Gasteiger charge is -2.08. The zero-order valence-corrected chi connectivity index (χ0v) is 13.9. The van der Waals surface area contributed by atoms with E-state index >= 15 is 0 Å². The number of pyridine rings is 2. The van der Waals surface area contributed by atoms with E-state index in [0.29, 0.717) is 11.7 Å². The minimum absolute atomic E-state index is 0.341. The molecule has 0 atom stereocenters. The molecule has 1 aromatic carbocycles. The van der Waals surface area contributed by atoms with Crippen molar-refractivity contribution in [3.63, 3.8) is 0 Å². The quantitative estimate of drug-likeness (QED) is 0.596. The van der Waals surface area contributed by atoms with Crippen LogP contribution in [0.4, 0.5) is 11.6 Å². The van der Waals surface area contributed by atoms with Crippen LogP contribution in [0.1, 0.15) is 11.1 Å². The molecule has 6 nitrogen and oxygen atoms in total. The largest absolute Gasteiger partial charge is 0.507 e. The van der Waals surface area contributed by atoms with Gasteiger partial charge in [-0.1, -0.05) is 0 Å². The van der Waals surface area contributed by atoms with Gasteiger partial charge in [-0.15, -0.1) is 5.10 Å². The second kappa shape index (κ2) is 5.90. The van der Waals surface area contributed by atoms with Crippen molar-refractivity contribution < 1.29 is 5.11 Å². The number of anilines is 2. The maximum absolute atomic E-state index is 9.95. The second-order valence-electron chi connectivity index (χ2n) is 5.98. The molecule has 2 N–H and O–H groups in total. The molecule has 3 aromatic heterocycles. The van der Waals surface area contributed by atoms with E-state index in [4.69, 9.17) is 0 Å². The Bertz CT molecular complexity index is 1030. The summed E-state index contributed by atoms with van der Waals surface area (Å²) in [6.07, 6.45) is 5.37. The molecular weight excluding hydrogens is 314 g/mol. The first-order valence-electron chi connectivity index (χ1n) is 7.94. The van der Waals surface area contributed by atoms with Gasteiger partial charge in [0.2, 0.25) is 5.95 Å². The van der Waals surface area contributed by atoms with E-state index in [2.05, 4.69) is 20.4 Å². The van der Waals surface area contributed by atoms with E-state index < -0.39 is 0 Å². The first-order chi connectivity index (χ1) is 12.1. The van der Waals surface area contributed by atoms with Crippen LogP contribution in [0.3, 0.4) is 0 Å². The molecule has 4 rings (SSSR count). The van der Waals surface area contributed by atoms with Gasteiger partial charge in [0.05, 0.1) is 11.9 Å². The molecule has 0 saturated heterocycles. The number of hydrogen-bond donors (Lipinski definition) is 2. The Morgan fingerprint density at radius 1 is 1.04 bits per heavy atom. The predicted octanol–water partition coefficient (Wildman–Crippen LogP) is 3.86. The molecule has 0 aliphatic rings. The van der Waals surface area contributed by atoms with Crippen LogP contribution in [-0.4, -0.2) is 24.7 Å². The van der Waals surface area contributed by atoms with Gasteiger partial charge in [-0.05, 0) is 66.9 Å². The van der Waals surface area contributed by atoms with Crippen molar-refractivity contribution in [3.8, 4) is 16.9 Å². The summed E-state index contributed by atoms with van der Waals surface area (Å²) in [4.78, 5) is 8.53. The predicted molar refractivity (Wildman–Crippen MR) is 97.1 cm³/mol. The summed E-state index contributed by atoms with van der Waals surface area (Å²) in [5.41, 5.74) is 5.34. The number of nitrogens with one attached hydrogen (secondary N) is 1. The highest BCUT2D eigenvalue weighted by Crippen LogP contribution is 2.29. The maximum atomic E-state index is 9.95. The number of hydrogen-bond acceptors (Lipinski definition) is 5. The molecule has 0 aliphatic carbocycles. The normalized spacial score (nSPS) is 11.0.